The first-order valence-electron chi connectivity index (χ1n) is 11.7. The van der Waals surface area contributed by atoms with Crippen LogP contribution in [0.15, 0.2) is 35.1 Å². The highest BCUT2D eigenvalue weighted by Gasteiger charge is 2.19. The minimum atomic E-state index is -0.184. The van der Waals surface area contributed by atoms with Gasteiger partial charge in [0.15, 0.2) is 0 Å². The number of benzene rings is 1. The monoisotopic (exact) mass is 451 g/mol. The molecule has 1 aliphatic heterocycles. The van der Waals surface area contributed by atoms with Crippen LogP contribution < -0.4 is 10.9 Å². The molecule has 1 fully saturated rings. The van der Waals surface area contributed by atoms with Crippen LogP contribution in [0, 0.1) is 13.8 Å². The lowest BCUT2D eigenvalue weighted by Gasteiger charge is -2.26. The maximum absolute atomic E-state index is 13.1. The van der Waals surface area contributed by atoms with Gasteiger partial charge in [-0.3, -0.25) is 19.1 Å². The van der Waals surface area contributed by atoms with E-state index < -0.39 is 0 Å². The molecule has 1 N–H and O–H groups in total. The van der Waals surface area contributed by atoms with Gasteiger partial charge in [-0.2, -0.15) is 5.10 Å². The number of carbonyl (C=O) groups excluding carboxylic acids is 1. The molecule has 0 atom stereocenters. The van der Waals surface area contributed by atoms with E-state index in [1.165, 1.54) is 0 Å². The Bertz CT molecular complexity index is 1170. The van der Waals surface area contributed by atoms with Gasteiger partial charge in [-0.25, -0.2) is 4.68 Å². The molecule has 1 aromatic carbocycles. The topological polar surface area (TPSA) is 81.4 Å². The minimum Gasteiger partial charge on any atom is -0.379 e. The summed E-state index contributed by atoms with van der Waals surface area (Å²) in [4.78, 5) is 28.2. The maximum atomic E-state index is 13.1. The van der Waals surface area contributed by atoms with Gasteiger partial charge >= 0.3 is 0 Å². The molecule has 0 spiro atoms. The van der Waals surface area contributed by atoms with Crippen LogP contribution in [0.3, 0.4) is 0 Å². The number of morpholine rings is 1. The smallest absolute Gasteiger partial charge is 0.252 e. The number of rotatable bonds is 8. The Morgan fingerprint density at radius 2 is 1.88 bits per heavy atom. The Balaban J connectivity index is 1.57. The van der Waals surface area contributed by atoms with Gasteiger partial charge in [0.05, 0.1) is 24.6 Å². The molecular formula is C25H33N5O3. The number of aryl methyl sites for hydroxylation is 3. The van der Waals surface area contributed by atoms with Crippen molar-refractivity contribution < 1.29 is 9.53 Å². The standard InChI is InChI=1S/C25H33N5O3/c1-4-20-16-23(32)29(17-22(31)26-10-5-11-28-12-14-33-15-13-28)25-24(20)19(3)27-30(25)21-8-6-18(2)7-9-21/h6-9,16H,4-5,10-15,17H2,1-3H3,(H,26,31). The molecule has 2 aromatic heterocycles. The van der Waals surface area contributed by atoms with Crippen molar-refractivity contribution in [2.45, 2.75) is 40.2 Å². The summed E-state index contributed by atoms with van der Waals surface area (Å²) in [5, 5.41) is 8.66. The van der Waals surface area contributed by atoms with Crippen LogP contribution >= 0.6 is 0 Å². The van der Waals surface area contributed by atoms with E-state index in [1.54, 1.807) is 15.3 Å². The zero-order valence-electron chi connectivity index (χ0n) is 19.8. The van der Waals surface area contributed by atoms with Crippen LogP contribution in [-0.4, -0.2) is 64.5 Å². The van der Waals surface area contributed by atoms with Crippen LogP contribution in [0.4, 0.5) is 0 Å². The molecule has 1 saturated heterocycles. The molecule has 1 aliphatic rings. The molecule has 176 valence electrons. The molecule has 0 saturated carbocycles. The molecule has 0 unspecified atom stereocenters. The third-order valence-electron chi connectivity index (χ3n) is 6.21. The fourth-order valence-corrected chi connectivity index (χ4v) is 4.40. The number of fused-ring (bicyclic) bond motifs is 1. The summed E-state index contributed by atoms with van der Waals surface area (Å²) >= 11 is 0. The highest BCUT2D eigenvalue weighted by molar-refractivity contribution is 5.85. The highest BCUT2D eigenvalue weighted by atomic mass is 16.5. The van der Waals surface area contributed by atoms with E-state index in [1.807, 2.05) is 45.0 Å². The molecule has 0 radical (unpaired) electrons. The first-order valence-corrected chi connectivity index (χ1v) is 11.7. The SMILES string of the molecule is CCc1cc(=O)n(CC(=O)NCCCN2CCOCC2)c2c1c(C)nn2-c1ccc(C)cc1. The summed E-state index contributed by atoms with van der Waals surface area (Å²) in [6, 6.07) is 9.65. The summed E-state index contributed by atoms with van der Waals surface area (Å²) in [5.74, 6) is -0.168. The largest absolute Gasteiger partial charge is 0.379 e. The summed E-state index contributed by atoms with van der Waals surface area (Å²) in [5.41, 5.74) is 4.30. The molecule has 8 heteroatoms. The zero-order chi connectivity index (χ0) is 23.4. The van der Waals surface area contributed by atoms with Gasteiger partial charge in [0.2, 0.25) is 5.91 Å². The quantitative estimate of drug-likeness (QED) is 0.531. The Hall–Kier alpha value is -2.97. The molecule has 3 heterocycles. The van der Waals surface area contributed by atoms with Crippen molar-refractivity contribution in [2.75, 3.05) is 39.4 Å². The normalized spacial score (nSPS) is 14.6. The fraction of sp³-hybridized carbons (Fsp3) is 0.480. The van der Waals surface area contributed by atoms with E-state index >= 15 is 0 Å². The molecule has 4 rings (SSSR count). The number of hydrogen-bond acceptors (Lipinski definition) is 5. The van der Waals surface area contributed by atoms with Crippen molar-refractivity contribution in [3.05, 3.63) is 57.5 Å². The molecular weight excluding hydrogens is 418 g/mol. The summed E-state index contributed by atoms with van der Waals surface area (Å²) in [7, 11) is 0. The van der Waals surface area contributed by atoms with E-state index in [0.29, 0.717) is 12.2 Å². The lowest BCUT2D eigenvalue weighted by Crippen LogP contribution is -2.38. The second kappa shape index (κ2) is 10.3. The van der Waals surface area contributed by atoms with Crippen molar-refractivity contribution >= 4 is 16.9 Å². The summed E-state index contributed by atoms with van der Waals surface area (Å²) < 4.78 is 8.71. The van der Waals surface area contributed by atoms with Crippen molar-refractivity contribution in [1.82, 2.24) is 24.6 Å². The van der Waals surface area contributed by atoms with E-state index in [4.69, 9.17) is 9.84 Å². The highest BCUT2D eigenvalue weighted by Crippen LogP contribution is 2.24. The van der Waals surface area contributed by atoms with Gasteiger partial charge in [0.25, 0.3) is 5.56 Å². The number of hydrogen-bond donors (Lipinski definition) is 1. The Morgan fingerprint density at radius 3 is 2.58 bits per heavy atom. The first kappa shape index (κ1) is 23.2. The summed E-state index contributed by atoms with van der Waals surface area (Å²) in [6.07, 6.45) is 1.59. The van der Waals surface area contributed by atoms with E-state index in [2.05, 4.69) is 10.2 Å². The van der Waals surface area contributed by atoms with Crippen molar-refractivity contribution in [3.63, 3.8) is 0 Å². The number of carbonyl (C=O) groups is 1. The average molecular weight is 452 g/mol. The van der Waals surface area contributed by atoms with Gasteiger partial charge < -0.3 is 10.1 Å². The van der Waals surface area contributed by atoms with Crippen LogP contribution in [0.25, 0.3) is 16.7 Å². The first-order chi connectivity index (χ1) is 16.0. The van der Waals surface area contributed by atoms with Gasteiger partial charge in [-0.1, -0.05) is 24.6 Å². The molecule has 1 amide bonds. The molecule has 0 bridgehead atoms. The Morgan fingerprint density at radius 1 is 1.15 bits per heavy atom. The number of ether oxygens (including phenoxy) is 1. The fourth-order valence-electron chi connectivity index (χ4n) is 4.40. The number of nitrogens with one attached hydrogen (secondary N) is 1. The second-order valence-electron chi connectivity index (χ2n) is 8.64. The lowest BCUT2D eigenvalue weighted by molar-refractivity contribution is -0.121. The molecule has 0 aliphatic carbocycles. The van der Waals surface area contributed by atoms with Crippen molar-refractivity contribution in [3.8, 4) is 5.69 Å². The van der Waals surface area contributed by atoms with Crippen LogP contribution in [0.1, 0.15) is 30.2 Å². The van der Waals surface area contributed by atoms with Gasteiger partial charge in [0.1, 0.15) is 12.2 Å². The summed E-state index contributed by atoms with van der Waals surface area (Å²) in [6.45, 7) is 10.9. The van der Waals surface area contributed by atoms with Crippen LogP contribution in [0.5, 0.6) is 0 Å². The van der Waals surface area contributed by atoms with E-state index in [-0.39, 0.29) is 18.0 Å². The average Bonchev–Trinajstić information content (AvgIpc) is 3.16. The zero-order valence-corrected chi connectivity index (χ0v) is 19.8. The van der Waals surface area contributed by atoms with Gasteiger partial charge in [-0.05, 0) is 50.9 Å². The lowest BCUT2D eigenvalue weighted by atomic mass is 10.1. The van der Waals surface area contributed by atoms with E-state index in [9.17, 15) is 9.59 Å². The van der Waals surface area contributed by atoms with Gasteiger partial charge in [0, 0.05) is 31.1 Å². The second-order valence-corrected chi connectivity index (χ2v) is 8.64. The number of pyridine rings is 1. The molecule has 3 aromatic rings. The Kier molecular flexibility index (Phi) is 7.25. The molecule has 8 nitrogen and oxygen atoms in total. The predicted molar refractivity (Wildman–Crippen MR) is 129 cm³/mol. The van der Waals surface area contributed by atoms with E-state index in [0.717, 1.165) is 73.6 Å². The minimum absolute atomic E-state index is 0.0339. The van der Waals surface area contributed by atoms with Gasteiger partial charge in [-0.15, -0.1) is 0 Å². The number of amides is 1. The number of nitrogens with zero attached hydrogens (tertiary/aromatic N) is 4. The third kappa shape index (κ3) is 5.17. The van der Waals surface area contributed by atoms with Crippen molar-refractivity contribution in [2.24, 2.45) is 0 Å². The van der Waals surface area contributed by atoms with Crippen LogP contribution in [-0.2, 0) is 22.5 Å². The molecule has 33 heavy (non-hydrogen) atoms. The Labute approximate surface area is 194 Å². The third-order valence-corrected chi connectivity index (χ3v) is 6.21. The van der Waals surface area contributed by atoms with Crippen LogP contribution in [0.2, 0.25) is 0 Å². The maximum Gasteiger partial charge on any atom is 0.252 e. The number of aromatic nitrogens is 3. The predicted octanol–water partition coefficient (Wildman–Crippen LogP) is 2.20. The van der Waals surface area contributed by atoms with Crippen molar-refractivity contribution in [1.29, 1.82) is 0 Å².